The van der Waals surface area contributed by atoms with E-state index in [0.29, 0.717) is 37.7 Å². The maximum Gasteiger partial charge on any atom is 0.316 e. The Labute approximate surface area is 171 Å². The Morgan fingerprint density at radius 2 is 1.90 bits per heavy atom. The quantitative estimate of drug-likeness (QED) is 0.721. The van der Waals surface area contributed by atoms with E-state index in [1.165, 1.54) is 16.4 Å². The molecule has 1 aromatic carbocycles. The molecule has 0 saturated carbocycles. The van der Waals surface area contributed by atoms with Crippen molar-refractivity contribution in [2.75, 3.05) is 40.3 Å². The first-order chi connectivity index (χ1) is 13.8. The predicted molar refractivity (Wildman–Crippen MR) is 108 cm³/mol. The molecule has 1 aliphatic heterocycles. The van der Waals surface area contributed by atoms with Crippen molar-refractivity contribution in [3.05, 3.63) is 30.2 Å². The van der Waals surface area contributed by atoms with E-state index in [9.17, 15) is 13.2 Å². The Bertz CT molecular complexity index is 932. The van der Waals surface area contributed by atoms with Crippen LogP contribution in [0.25, 0.3) is 11.4 Å². The molecule has 10 heteroatoms. The van der Waals surface area contributed by atoms with Gasteiger partial charge in [-0.15, -0.1) is 0 Å². The van der Waals surface area contributed by atoms with Crippen LogP contribution in [0, 0.1) is 5.92 Å². The number of nitrogens with one attached hydrogen (secondary N) is 1. The average Bonchev–Trinajstić information content (AvgIpc) is 3.18. The first kappa shape index (κ1) is 21.4. The van der Waals surface area contributed by atoms with E-state index < -0.39 is 15.9 Å². The maximum atomic E-state index is 12.8. The fraction of sp³-hybridized carbons (Fsp3) is 0.526. The fourth-order valence-corrected chi connectivity index (χ4v) is 4.52. The zero-order valence-corrected chi connectivity index (χ0v) is 17.8. The van der Waals surface area contributed by atoms with Gasteiger partial charge in [-0.3, -0.25) is 4.79 Å². The molecular formula is C19H27N5O4S. The van der Waals surface area contributed by atoms with Crippen LogP contribution in [0.15, 0.2) is 33.7 Å². The van der Waals surface area contributed by atoms with Gasteiger partial charge < -0.3 is 14.7 Å². The van der Waals surface area contributed by atoms with Gasteiger partial charge in [-0.25, -0.2) is 8.42 Å². The summed E-state index contributed by atoms with van der Waals surface area (Å²) in [4.78, 5) is 18.3. The molecule has 1 amide bonds. The molecule has 0 unspecified atom stereocenters. The van der Waals surface area contributed by atoms with Crippen molar-refractivity contribution in [1.29, 1.82) is 0 Å². The highest BCUT2D eigenvalue weighted by atomic mass is 32.2. The Hall–Kier alpha value is -2.30. The van der Waals surface area contributed by atoms with Crippen molar-refractivity contribution in [3.63, 3.8) is 0 Å². The van der Waals surface area contributed by atoms with Crippen LogP contribution in [0.4, 0.5) is 0 Å². The molecule has 0 bridgehead atoms. The number of rotatable bonds is 7. The maximum absolute atomic E-state index is 12.8. The van der Waals surface area contributed by atoms with Crippen molar-refractivity contribution >= 4 is 15.9 Å². The lowest BCUT2D eigenvalue weighted by atomic mass is 10.0. The summed E-state index contributed by atoms with van der Waals surface area (Å²) < 4.78 is 32.2. The van der Waals surface area contributed by atoms with Gasteiger partial charge in [-0.05, 0) is 57.1 Å². The zero-order chi connectivity index (χ0) is 21.0. The van der Waals surface area contributed by atoms with E-state index in [1.807, 2.05) is 19.0 Å². The molecular weight excluding hydrogens is 394 g/mol. The minimum Gasteiger partial charge on any atom is -0.347 e. The molecule has 2 aromatic rings. The molecule has 9 nitrogen and oxygen atoms in total. The Morgan fingerprint density at radius 3 is 2.52 bits per heavy atom. The van der Waals surface area contributed by atoms with Crippen LogP contribution in [0.3, 0.4) is 0 Å². The first-order valence-corrected chi connectivity index (χ1v) is 11.1. The monoisotopic (exact) mass is 421 g/mol. The van der Waals surface area contributed by atoms with Gasteiger partial charge in [0, 0.05) is 31.7 Å². The molecule has 0 atom stereocenters. The second-order valence-corrected chi connectivity index (χ2v) is 9.53. The zero-order valence-electron chi connectivity index (χ0n) is 17.0. The molecule has 158 valence electrons. The number of aromatic nitrogens is 2. The number of sulfonamides is 1. The van der Waals surface area contributed by atoms with Gasteiger partial charge >= 0.3 is 11.8 Å². The highest BCUT2D eigenvalue weighted by Gasteiger charge is 2.28. The topological polar surface area (TPSA) is 109 Å². The smallest absolute Gasteiger partial charge is 0.316 e. The summed E-state index contributed by atoms with van der Waals surface area (Å²) in [6, 6.07) is 6.32. The Morgan fingerprint density at radius 1 is 1.24 bits per heavy atom. The third kappa shape index (κ3) is 5.20. The molecule has 1 saturated heterocycles. The number of piperidine rings is 1. The molecule has 1 fully saturated rings. The van der Waals surface area contributed by atoms with Crippen LogP contribution in [0.5, 0.6) is 0 Å². The molecule has 0 aliphatic carbocycles. The Kier molecular flexibility index (Phi) is 6.66. The van der Waals surface area contributed by atoms with E-state index in [0.717, 1.165) is 12.8 Å². The van der Waals surface area contributed by atoms with E-state index in [4.69, 9.17) is 4.52 Å². The van der Waals surface area contributed by atoms with Crippen molar-refractivity contribution < 1.29 is 17.7 Å². The summed E-state index contributed by atoms with van der Waals surface area (Å²) in [5.41, 5.74) is 0.576. The van der Waals surface area contributed by atoms with Gasteiger partial charge in [-0.1, -0.05) is 12.1 Å². The molecule has 3 rings (SSSR count). The van der Waals surface area contributed by atoms with Gasteiger partial charge in [0.2, 0.25) is 15.8 Å². The van der Waals surface area contributed by atoms with Crippen LogP contribution in [-0.2, 0) is 10.0 Å². The molecule has 29 heavy (non-hydrogen) atoms. The lowest BCUT2D eigenvalue weighted by Gasteiger charge is -2.29. The number of hydrogen-bond donors (Lipinski definition) is 1. The van der Waals surface area contributed by atoms with Crippen molar-refractivity contribution in [1.82, 2.24) is 24.7 Å². The van der Waals surface area contributed by atoms with E-state index >= 15 is 0 Å². The number of nitrogens with zero attached hydrogens (tertiary/aromatic N) is 4. The number of benzene rings is 1. The summed E-state index contributed by atoms with van der Waals surface area (Å²) in [6.07, 6.45) is 1.75. The molecule has 1 N–H and O–H groups in total. The number of likely N-dealkylation sites (N-methyl/N-ethyl adjacent to an activating group) is 1. The molecule has 1 aromatic heterocycles. The van der Waals surface area contributed by atoms with Crippen LogP contribution < -0.4 is 5.32 Å². The summed E-state index contributed by atoms with van der Waals surface area (Å²) in [5.74, 6) is 0.219. The summed E-state index contributed by atoms with van der Waals surface area (Å²) in [5, 5.41) is 6.53. The lowest BCUT2D eigenvalue weighted by Crippen LogP contribution is -2.37. The molecule has 0 spiro atoms. The number of carbonyl (C=O) groups is 1. The van der Waals surface area contributed by atoms with Crippen LogP contribution in [0.2, 0.25) is 0 Å². The number of carbonyl (C=O) groups excluding carboxylic acids is 1. The SMILES string of the molecule is CC1CCN(S(=O)(=O)c2ccc(-c3noc(C(=O)NCCN(C)C)n3)cc2)CC1. The van der Waals surface area contributed by atoms with Crippen LogP contribution in [-0.4, -0.2) is 73.9 Å². The van der Waals surface area contributed by atoms with Gasteiger partial charge in [-0.2, -0.15) is 9.29 Å². The third-order valence-electron chi connectivity index (χ3n) is 4.96. The molecule has 2 heterocycles. The molecule has 0 radical (unpaired) electrons. The van der Waals surface area contributed by atoms with Crippen LogP contribution in [0.1, 0.15) is 30.5 Å². The highest BCUT2D eigenvalue weighted by Crippen LogP contribution is 2.25. The Balaban J connectivity index is 1.67. The van der Waals surface area contributed by atoms with E-state index in [2.05, 4.69) is 22.4 Å². The summed E-state index contributed by atoms with van der Waals surface area (Å²) >= 11 is 0. The van der Waals surface area contributed by atoms with Crippen molar-refractivity contribution in [2.45, 2.75) is 24.7 Å². The highest BCUT2D eigenvalue weighted by molar-refractivity contribution is 7.89. The van der Waals surface area contributed by atoms with Gasteiger partial charge in [0.15, 0.2) is 0 Å². The normalized spacial score (nSPS) is 16.3. The van der Waals surface area contributed by atoms with Gasteiger partial charge in [0.25, 0.3) is 0 Å². The fourth-order valence-electron chi connectivity index (χ4n) is 3.05. The van der Waals surface area contributed by atoms with Gasteiger partial charge in [0.1, 0.15) is 0 Å². The predicted octanol–water partition coefficient (Wildman–Crippen LogP) is 1.45. The summed E-state index contributed by atoms with van der Waals surface area (Å²) in [6.45, 7) is 4.38. The minimum atomic E-state index is -3.51. The van der Waals surface area contributed by atoms with Crippen molar-refractivity contribution in [3.8, 4) is 11.4 Å². The first-order valence-electron chi connectivity index (χ1n) is 9.64. The largest absolute Gasteiger partial charge is 0.347 e. The average molecular weight is 422 g/mol. The minimum absolute atomic E-state index is 0.127. The third-order valence-corrected chi connectivity index (χ3v) is 6.87. The van der Waals surface area contributed by atoms with E-state index in [-0.39, 0.29) is 16.6 Å². The van der Waals surface area contributed by atoms with Gasteiger partial charge in [0.05, 0.1) is 4.90 Å². The number of hydrogen-bond acceptors (Lipinski definition) is 7. The second-order valence-electron chi connectivity index (χ2n) is 7.59. The van der Waals surface area contributed by atoms with E-state index in [1.54, 1.807) is 12.1 Å². The lowest BCUT2D eigenvalue weighted by molar-refractivity contribution is 0.0907. The number of amides is 1. The van der Waals surface area contributed by atoms with Crippen molar-refractivity contribution in [2.24, 2.45) is 5.92 Å². The van der Waals surface area contributed by atoms with Crippen LogP contribution >= 0.6 is 0 Å². The summed E-state index contributed by atoms with van der Waals surface area (Å²) in [7, 11) is 0.310. The standard InChI is InChI=1S/C19H27N5O4S/c1-14-8-11-24(12-9-14)29(26,27)16-6-4-15(5-7-16)17-21-19(28-22-17)18(25)20-10-13-23(2)3/h4-7,14H,8-13H2,1-3H3,(H,20,25). The second kappa shape index (κ2) is 9.02. The molecule has 1 aliphatic rings.